The van der Waals surface area contributed by atoms with Crippen molar-refractivity contribution in [3.63, 3.8) is 0 Å². The second-order valence-corrected chi connectivity index (χ2v) is 9.07. The average molecular weight is 462 g/mol. The molecule has 0 fully saturated rings. The van der Waals surface area contributed by atoms with E-state index in [9.17, 15) is 9.59 Å². The lowest BCUT2D eigenvalue weighted by molar-refractivity contribution is 0.0520. The standard InChI is InChI=1S/C18H15N5O4S3/c1-3-26-17(25)13-16(30-23-21-13)19-15(24)14-11(8-28-18-22-20-9(2)29-18)10-6-4-5-7-12(10)27-14/h4-7H,3,8H2,1-2H3,(H,19,24). The van der Waals surface area contributed by atoms with E-state index in [-0.39, 0.29) is 23.1 Å². The fourth-order valence-electron chi connectivity index (χ4n) is 2.66. The van der Waals surface area contributed by atoms with Gasteiger partial charge < -0.3 is 14.5 Å². The van der Waals surface area contributed by atoms with Crippen molar-refractivity contribution in [2.24, 2.45) is 0 Å². The molecule has 0 aliphatic heterocycles. The third-order valence-corrected chi connectivity index (χ3v) is 6.58. The number of nitrogens with one attached hydrogen (secondary N) is 1. The zero-order chi connectivity index (χ0) is 21.1. The molecule has 0 atom stereocenters. The second kappa shape index (κ2) is 8.90. The number of carbonyl (C=O) groups is 2. The van der Waals surface area contributed by atoms with E-state index in [1.807, 2.05) is 25.1 Å². The maximum Gasteiger partial charge on any atom is 0.362 e. The van der Waals surface area contributed by atoms with Crippen LogP contribution in [0.1, 0.15) is 38.5 Å². The quantitative estimate of drug-likeness (QED) is 0.319. The Morgan fingerprint density at radius 2 is 2.07 bits per heavy atom. The molecule has 0 radical (unpaired) electrons. The molecular formula is C18H15N5O4S3. The molecule has 3 aromatic heterocycles. The molecule has 0 saturated heterocycles. The topological polar surface area (TPSA) is 120 Å². The summed E-state index contributed by atoms with van der Waals surface area (Å²) in [5.74, 6) is -0.506. The van der Waals surface area contributed by atoms with E-state index in [2.05, 4.69) is 25.1 Å². The summed E-state index contributed by atoms with van der Waals surface area (Å²) in [7, 11) is 0. The van der Waals surface area contributed by atoms with Crippen LogP contribution in [0, 0.1) is 6.92 Å². The number of thioether (sulfide) groups is 1. The number of hydrogen-bond acceptors (Lipinski definition) is 11. The van der Waals surface area contributed by atoms with E-state index in [0.29, 0.717) is 11.3 Å². The van der Waals surface area contributed by atoms with Crippen LogP contribution in [0.15, 0.2) is 33.0 Å². The number of carbonyl (C=O) groups excluding carboxylic acids is 2. The highest BCUT2D eigenvalue weighted by atomic mass is 32.2. The smallest absolute Gasteiger partial charge is 0.362 e. The van der Waals surface area contributed by atoms with Gasteiger partial charge in [0.1, 0.15) is 10.6 Å². The Balaban J connectivity index is 1.62. The van der Waals surface area contributed by atoms with Crippen molar-refractivity contribution in [2.45, 2.75) is 23.9 Å². The molecule has 4 rings (SSSR count). The molecular weight excluding hydrogens is 446 g/mol. The van der Waals surface area contributed by atoms with Gasteiger partial charge in [-0.1, -0.05) is 45.8 Å². The van der Waals surface area contributed by atoms with Gasteiger partial charge in [-0.2, -0.15) is 0 Å². The summed E-state index contributed by atoms with van der Waals surface area (Å²) >= 11 is 3.86. The van der Waals surface area contributed by atoms with Crippen LogP contribution in [0.25, 0.3) is 11.0 Å². The zero-order valence-electron chi connectivity index (χ0n) is 15.9. The normalized spacial score (nSPS) is 11.0. The second-order valence-electron chi connectivity index (χ2n) is 5.91. The third kappa shape index (κ3) is 4.20. The Hall–Kier alpha value is -2.83. The molecule has 1 N–H and O–H groups in total. The van der Waals surface area contributed by atoms with Gasteiger partial charge in [0.2, 0.25) is 5.69 Å². The summed E-state index contributed by atoms with van der Waals surface area (Å²) in [6, 6.07) is 7.42. The van der Waals surface area contributed by atoms with Crippen LogP contribution in [0.5, 0.6) is 0 Å². The number of ether oxygens (including phenoxy) is 1. The van der Waals surface area contributed by atoms with Gasteiger partial charge in [0, 0.05) is 28.2 Å². The molecule has 0 aliphatic rings. The fourth-order valence-corrected chi connectivity index (χ4v) is 5.06. The lowest BCUT2D eigenvalue weighted by Crippen LogP contribution is -2.15. The average Bonchev–Trinajstić information content (AvgIpc) is 3.45. The minimum absolute atomic E-state index is 0.0356. The maximum atomic E-state index is 13.0. The van der Waals surface area contributed by atoms with Gasteiger partial charge in [0.05, 0.1) is 6.61 Å². The molecule has 30 heavy (non-hydrogen) atoms. The number of fused-ring (bicyclic) bond motifs is 1. The van der Waals surface area contributed by atoms with Crippen molar-refractivity contribution in [2.75, 3.05) is 11.9 Å². The van der Waals surface area contributed by atoms with E-state index < -0.39 is 11.9 Å². The largest absolute Gasteiger partial charge is 0.461 e. The lowest BCUT2D eigenvalue weighted by Gasteiger charge is -2.04. The number of benzene rings is 1. The summed E-state index contributed by atoms with van der Waals surface area (Å²) in [5.41, 5.74) is 1.29. The number of furan rings is 1. The summed E-state index contributed by atoms with van der Waals surface area (Å²) in [6.07, 6.45) is 0. The van der Waals surface area contributed by atoms with Crippen LogP contribution in [-0.4, -0.2) is 38.3 Å². The Labute approximate surface area is 183 Å². The monoisotopic (exact) mass is 461 g/mol. The first-order valence-corrected chi connectivity index (χ1v) is 11.4. The predicted octanol–water partition coefficient (Wildman–Crippen LogP) is 4.17. The predicted molar refractivity (Wildman–Crippen MR) is 114 cm³/mol. The zero-order valence-corrected chi connectivity index (χ0v) is 18.3. The number of aryl methyl sites for hydroxylation is 1. The van der Waals surface area contributed by atoms with E-state index >= 15 is 0 Å². The molecule has 1 amide bonds. The summed E-state index contributed by atoms with van der Waals surface area (Å²) in [6.45, 7) is 3.77. The first kappa shape index (κ1) is 20.4. The van der Waals surface area contributed by atoms with Crippen LogP contribution in [-0.2, 0) is 10.5 Å². The minimum atomic E-state index is -0.645. The van der Waals surface area contributed by atoms with Gasteiger partial charge in [-0.05, 0) is 19.9 Å². The van der Waals surface area contributed by atoms with Crippen LogP contribution >= 0.6 is 34.6 Å². The highest BCUT2D eigenvalue weighted by molar-refractivity contribution is 8.00. The summed E-state index contributed by atoms with van der Waals surface area (Å²) in [4.78, 5) is 25.0. The van der Waals surface area contributed by atoms with Crippen molar-refractivity contribution < 1.29 is 18.7 Å². The number of amides is 1. The maximum absolute atomic E-state index is 13.0. The van der Waals surface area contributed by atoms with Crippen LogP contribution in [0.3, 0.4) is 0 Å². The van der Waals surface area contributed by atoms with E-state index in [1.54, 1.807) is 13.0 Å². The number of hydrogen-bond donors (Lipinski definition) is 1. The molecule has 9 nitrogen and oxygen atoms in total. The van der Waals surface area contributed by atoms with Crippen molar-refractivity contribution in [3.05, 3.63) is 46.3 Å². The van der Waals surface area contributed by atoms with E-state index in [0.717, 1.165) is 31.8 Å². The first-order chi connectivity index (χ1) is 14.6. The van der Waals surface area contributed by atoms with Gasteiger partial charge in [0.15, 0.2) is 15.1 Å². The SMILES string of the molecule is CCOC(=O)c1nnsc1NC(=O)c1oc2ccccc2c1CSc1nnc(C)s1. The Kier molecular flexibility index (Phi) is 6.06. The summed E-state index contributed by atoms with van der Waals surface area (Å²) in [5, 5.41) is 16.5. The first-order valence-electron chi connectivity index (χ1n) is 8.81. The van der Waals surface area contributed by atoms with E-state index in [1.165, 1.54) is 23.1 Å². The van der Waals surface area contributed by atoms with Gasteiger partial charge in [-0.15, -0.1) is 15.3 Å². The molecule has 4 aromatic rings. The molecule has 0 spiro atoms. The van der Waals surface area contributed by atoms with Crippen molar-refractivity contribution >= 4 is 62.5 Å². The highest BCUT2D eigenvalue weighted by Crippen LogP contribution is 2.33. The van der Waals surface area contributed by atoms with Crippen LogP contribution < -0.4 is 5.32 Å². The third-order valence-electron chi connectivity index (χ3n) is 3.94. The molecule has 0 bridgehead atoms. The number of rotatable bonds is 7. The minimum Gasteiger partial charge on any atom is -0.461 e. The summed E-state index contributed by atoms with van der Waals surface area (Å²) < 4.78 is 15.3. The van der Waals surface area contributed by atoms with Gasteiger partial charge >= 0.3 is 5.97 Å². The molecule has 0 aliphatic carbocycles. The number of esters is 1. The number of anilines is 1. The Morgan fingerprint density at radius 1 is 1.23 bits per heavy atom. The van der Waals surface area contributed by atoms with Gasteiger partial charge in [0.25, 0.3) is 5.91 Å². The van der Waals surface area contributed by atoms with Crippen LogP contribution in [0.4, 0.5) is 5.00 Å². The number of para-hydroxylation sites is 1. The molecule has 3 heterocycles. The van der Waals surface area contributed by atoms with Crippen LogP contribution in [0.2, 0.25) is 0 Å². The van der Waals surface area contributed by atoms with E-state index in [4.69, 9.17) is 9.15 Å². The molecule has 1 aromatic carbocycles. The van der Waals surface area contributed by atoms with Crippen molar-refractivity contribution in [3.8, 4) is 0 Å². The molecule has 154 valence electrons. The van der Waals surface area contributed by atoms with Crippen molar-refractivity contribution in [1.29, 1.82) is 0 Å². The molecule has 12 heteroatoms. The number of nitrogens with zero attached hydrogens (tertiary/aromatic N) is 4. The highest BCUT2D eigenvalue weighted by Gasteiger charge is 2.25. The van der Waals surface area contributed by atoms with Gasteiger partial charge in [-0.25, -0.2) is 4.79 Å². The Bertz CT molecular complexity index is 1220. The molecule has 0 saturated carbocycles. The molecule has 0 unspecified atom stereocenters. The van der Waals surface area contributed by atoms with Crippen molar-refractivity contribution in [1.82, 2.24) is 19.8 Å². The lowest BCUT2D eigenvalue weighted by atomic mass is 10.1. The number of aromatic nitrogens is 4. The fraction of sp³-hybridized carbons (Fsp3) is 0.222. The van der Waals surface area contributed by atoms with Gasteiger partial charge in [-0.3, -0.25) is 4.79 Å². The Morgan fingerprint density at radius 3 is 2.83 bits per heavy atom.